The summed E-state index contributed by atoms with van der Waals surface area (Å²) >= 11 is 0. The molecule has 2 aliphatic rings. The van der Waals surface area contributed by atoms with Crippen LogP contribution in [0.15, 0.2) is 24.5 Å². The summed E-state index contributed by atoms with van der Waals surface area (Å²) in [6.07, 6.45) is 2.41. The van der Waals surface area contributed by atoms with Crippen LogP contribution < -0.4 is 10.6 Å². The van der Waals surface area contributed by atoms with Crippen LogP contribution in [0.4, 0.5) is 18.9 Å². The molecule has 2 fully saturated rings. The Balaban J connectivity index is 1.40. The summed E-state index contributed by atoms with van der Waals surface area (Å²) in [4.78, 5) is 35.0. The van der Waals surface area contributed by atoms with E-state index in [2.05, 4.69) is 14.9 Å². The fourth-order valence-electron chi connectivity index (χ4n) is 4.44. The monoisotopic (exact) mass is 435 g/mol. The van der Waals surface area contributed by atoms with E-state index in [0.29, 0.717) is 38.2 Å². The molecule has 3 heterocycles. The van der Waals surface area contributed by atoms with E-state index in [9.17, 15) is 22.8 Å². The second kappa shape index (κ2) is 8.24. The van der Waals surface area contributed by atoms with Crippen LogP contribution in [0.3, 0.4) is 0 Å². The molecule has 7 nitrogen and oxygen atoms in total. The van der Waals surface area contributed by atoms with Crippen molar-refractivity contribution < 1.29 is 22.8 Å². The zero-order valence-corrected chi connectivity index (χ0v) is 16.9. The second-order valence-electron chi connectivity index (χ2n) is 8.13. The van der Waals surface area contributed by atoms with Gasteiger partial charge in [-0.1, -0.05) is 0 Å². The largest absolute Gasteiger partial charge is 0.391 e. The number of aromatic nitrogens is 2. The van der Waals surface area contributed by atoms with Gasteiger partial charge in [-0.15, -0.1) is 0 Å². The van der Waals surface area contributed by atoms with Crippen LogP contribution >= 0.6 is 0 Å². The molecular weight excluding hydrogens is 411 g/mol. The highest BCUT2D eigenvalue weighted by Gasteiger charge is 2.46. The number of halogens is 3. The van der Waals surface area contributed by atoms with Crippen LogP contribution in [0.2, 0.25) is 0 Å². The van der Waals surface area contributed by atoms with Gasteiger partial charge in [0.1, 0.15) is 5.65 Å². The molecule has 2 atom stereocenters. The van der Waals surface area contributed by atoms with Gasteiger partial charge in [0.15, 0.2) is 0 Å². The first-order valence-corrected chi connectivity index (χ1v) is 10.3. The number of fused-ring (bicyclic) bond motifs is 1. The number of hydrogen-bond donors (Lipinski definition) is 2. The van der Waals surface area contributed by atoms with Gasteiger partial charge in [-0.05, 0) is 31.4 Å². The Morgan fingerprint density at radius 3 is 2.58 bits per heavy atom. The van der Waals surface area contributed by atoms with Gasteiger partial charge in [0.05, 0.1) is 17.8 Å². The molecule has 0 aromatic carbocycles. The first kappa shape index (κ1) is 21.2. The number of H-pyrrole nitrogens is 1. The SMILES string of the molecule is NC(=O)C=Cc1c[nH]c2ncc(N3CCN(C(=O)[C@@H]4CC[C@H](C(F)(F)F)C4)CC3)cc12. The summed E-state index contributed by atoms with van der Waals surface area (Å²) in [6.45, 7) is 2.08. The van der Waals surface area contributed by atoms with E-state index >= 15 is 0 Å². The van der Waals surface area contributed by atoms with E-state index in [-0.39, 0.29) is 18.7 Å². The highest BCUT2D eigenvalue weighted by Crippen LogP contribution is 2.42. The molecule has 3 N–H and O–H groups in total. The predicted molar refractivity (Wildman–Crippen MR) is 110 cm³/mol. The van der Waals surface area contributed by atoms with E-state index in [1.807, 2.05) is 6.07 Å². The van der Waals surface area contributed by atoms with Gasteiger partial charge in [0, 0.05) is 55.3 Å². The normalized spacial score (nSPS) is 22.5. The number of anilines is 1. The number of nitrogens with one attached hydrogen (secondary N) is 1. The van der Waals surface area contributed by atoms with Crippen LogP contribution in [0.25, 0.3) is 17.1 Å². The maximum atomic E-state index is 12.9. The third-order valence-electron chi connectivity index (χ3n) is 6.18. The van der Waals surface area contributed by atoms with Crippen LogP contribution in [-0.4, -0.2) is 59.0 Å². The summed E-state index contributed by atoms with van der Waals surface area (Å²) in [5, 5.41) is 0.845. The zero-order chi connectivity index (χ0) is 22.2. The first-order valence-electron chi connectivity index (χ1n) is 10.3. The van der Waals surface area contributed by atoms with Crippen molar-refractivity contribution >= 4 is 34.6 Å². The summed E-state index contributed by atoms with van der Waals surface area (Å²) in [5.74, 6) is -2.59. The van der Waals surface area contributed by atoms with Gasteiger partial charge < -0.3 is 20.5 Å². The summed E-state index contributed by atoms with van der Waals surface area (Å²) in [7, 11) is 0. The number of aromatic amines is 1. The molecule has 1 aliphatic heterocycles. The van der Waals surface area contributed by atoms with E-state index in [0.717, 1.165) is 16.6 Å². The molecule has 31 heavy (non-hydrogen) atoms. The lowest BCUT2D eigenvalue weighted by Gasteiger charge is -2.37. The lowest BCUT2D eigenvalue weighted by atomic mass is 10.0. The standard InChI is InChI=1S/C21H24F3N5O2/c22-21(23,24)15-3-1-13(9-15)20(31)29-7-5-28(6-8-29)16-10-17-14(2-4-18(25)30)11-26-19(17)27-12-16/h2,4,10-13,15H,1,3,5-9H2,(H2,25,30)(H,26,27)/t13-,15+/m1/s1. The molecular formula is C21H24F3N5O2. The summed E-state index contributed by atoms with van der Waals surface area (Å²) in [6, 6.07) is 1.96. The Morgan fingerprint density at radius 2 is 1.94 bits per heavy atom. The van der Waals surface area contributed by atoms with Gasteiger partial charge in [0.2, 0.25) is 11.8 Å². The van der Waals surface area contributed by atoms with Crippen LogP contribution in [0.5, 0.6) is 0 Å². The molecule has 10 heteroatoms. The zero-order valence-electron chi connectivity index (χ0n) is 16.9. The molecule has 0 radical (unpaired) electrons. The van der Waals surface area contributed by atoms with Crippen molar-refractivity contribution in [3.8, 4) is 0 Å². The van der Waals surface area contributed by atoms with Crippen molar-refractivity contribution in [1.29, 1.82) is 0 Å². The van der Waals surface area contributed by atoms with E-state index in [4.69, 9.17) is 5.73 Å². The van der Waals surface area contributed by atoms with Gasteiger partial charge in [-0.3, -0.25) is 9.59 Å². The number of rotatable bonds is 4. The molecule has 2 amide bonds. The van der Waals surface area contributed by atoms with Crippen molar-refractivity contribution in [3.63, 3.8) is 0 Å². The molecule has 1 aliphatic carbocycles. The number of carbonyl (C=O) groups excluding carboxylic acids is 2. The molecule has 0 unspecified atom stereocenters. The Hall–Kier alpha value is -3.04. The number of piperazine rings is 1. The van der Waals surface area contributed by atoms with Crippen LogP contribution in [0.1, 0.15) is 24.8 Å². The maximum Gasteiger partial charge on any atom is 0.391 e. The topological polar surface area (TPSA) is 95.3 Å². The highest BCUT2D eigenvalue weighted by atomic mass is 19.4. The quantitative estimate of drug-likeness (QED) is 0.722. The minimum atomic E-state index is -4.22. The lowest BCUT2D eigenvalue weighted by Crippen LogP contribution is -2.50. The fourth-order valence-corrected chi connectivity index (χ4v) is 4.44. The van der Waals surface area contributed by atoms with Crippen molar-refractivity contribution in [2.24, 2.45) is 17.6 Å². The molecule has 4 rings (SSSR count). The predicted octanol–water partition coefficient (Wildman–Crippen LogP) is 2.69. The van der Waals surface area contributed by atoms with E-state index in [1.54, 1.807) is 23.4 Å². The van der Waals surface area contributed by atoms with Crippen LogP contribution in [-0.2, 0) is 9.59 Å². The number of alkyl halides is 3. The molecule has 2 aromatic rings. The molecule has 0 spiro atoms. The van der Waals surface area contributed by atoms with E-state index < -0.39 is 23.9 Å². The summed E-state index contributed by atoms with van der Waals surface area (Å²) in [5.41, 5.74) is 7.52. The Labute approximate surface area is 177 Å². The molecule has 166 valence electrons. The number of hydrogen-bond acceptors (Lipinski definition) is 4. The van der Waals surface area contributed by atoms with Gasteiger partial charge >= 0.3 is 6.18 Å². The molecule has 0 bridgehead atoms. The number of pyridine rings is 1. The Morgan fingerprint density at radius 1 is 1.19 bits per heavy atom. The molecule has 1 saturated heterocycles. The minimum absolute atomic E-state index is 0.0365. The second-order valence-corrected chi connectivity index (χ2v) is 8.13. The third kappa shape index (κ3) is 4.52. The Bertz CT molecular complexity index is 1010. The van der Waals surface area contributed by atoms with Gasteiger partial charge in [-0.25, -0.2) is 4.98 Å². The number of primary amides is 1. The van der Waals surface area contributed by atoms with Crippen molar-refractivity contribution in [3.05, 3.63) is 30.1 Å². The average Bonchev–Trinajstić information content (AvgIpc) is 3.39. The highest BCUT2D eigenvalue weighted by molar-refractivity contribution is 5.95. The van der Waals surface area contributed by atoms with Crippen molar-refractivity contribution in [2.45, 2.75) is 25.4 Å². The van der Waals surface area contributed by atoms with Gasteiger partial charge in [-0.2, -0.15) is 13.2 Å². The fraction of sp³-hybridized carbons (Fsp3) is 0.476. The van der Waals surface area contributed by atoms with Crippen LogP contribution in [0, 0.1) is 11.8 Å². The Kier molecular flexibility index (Phi) is 5.63. The van der Waals surface area contributed by atoms with E-state index in [1.165, 1.54) is 6.08 Å². The van der Waals surface area contributed by atoms with Crippen molar-refractivity contribution in [1.82, 2.24) is 14.9 Å². The first-order chi connectivity index (χ1) is 14.7. The number of amides is 2. The lowest BCUT2D eigenvalue weighted by molar-refractivity contribution is -0.173. The summed E-state index contributed by atoms with van der Waals surface area (Å²) < 4.78 is 38.7. The smallest absolute Gasteiger partial charge is 0.367 e. The number of nitrogens with zero attached hydrogens (tertiary/aromatic N) is 3. The van der Waals surface area contributed by atoms with Gasteiger partial charge in [0.25, 0.3) is 0 Å². The number of nitrogens with two attached hydrogens (primary N) is 1. The van der Waals surface area contributed by atoms with Crippen molar-refractivity contribution in [2.75, 3.05) is 31.1 Å². The minimum Gasteiger partial charge on any atom is -0.367 e. The molecule has 2 aromatic heterocycles. The average molecular weight is 435 g/mol. The molecule has 1 saturated carbocycles. The number of carbonyl (C=O) groups is 2. The third-order valence-corrected chi connectivity index (χ3v) is 6.18. The maximum absolute atomic E-state index is 12.9.